The van der Waals surface area contributed by atoms with E-state index in [2.05, 4.69) is 9.97 Å². The van der Waals surface area contributed by atoms with E-state index in [1.165, 1.54) is 12.1 Å². The highest BCUT2D eigenvalue weighted by atomic mass is 19.4. The van der Waals surface area contributed by atoms with Crippen LogP contribution in [0, 0.1) is 0 Å². The van der Waals surface area contributed by atoms with Crippen LogP contribution in [0.25, 0.3) is 22.3 Å². The second kappa shape index (κ2) is 5.35. The molecule has 0 unspecified atom stereocenters. The van der Waals surface area contributed by atoms with Crippen LogP contribution < -0.4 is 0 Å². The molecule has 0 aliphatic rings. The Labute approximate surface area is 128 Å². The van der Waals surface area contributed by atoms with Crippen molar-refractivity contribution in [1.29, 1.82) is 0 Å². The third-order valence-electron chi connectivity index (χ3n) is 3.25. The van der Waals surface area contributed by atoms with Crippen molar-refractivity contribution in [3.8, 4) is 11.4 Å². The van der Waals surface area contributed by atoms with Gasteiger partial charge in [-0.1, -0.05) is 30.3 Å². The van der Waals surface area contributed by atoms with E-state index in [1.807, 2.05) is 0 Å². The number of benzene rings is 2. The van der Waals surface area contributed by atoms with E-state index in [4.69, 9.17) is 0 Å². The quantitative estimate of drug-likeness (QED) is 0.775. The van der Waals surface area contributed by atoms with Gasteiger partial charge in [0.15, 0.2) is 11.5 Å². The minimum atomic E-state index is -4.50. The van der Waals surface area contributed by atoms with E-state index >= 15 is 0 Å². The maximum atomic E-state index is 12.8. The Morgan fingerprint density at radius 1 is 1.00 bits per heavy atom. The summed E-state index contributed by atoms with van der Waals surface area (Å²) < 4.78 is 38.4. The highest BCUT2D eigenvalue weighted by molar-refractivity contribution is 6.01. The highest BCUT2D eigenvalue weighted by Crippen LogP contribution is 2.31. The summed E-state index contributed by atoms with van der Waals surface area (Å²) in [6, 6.07) is 10.9. The lowest BCUT2D eigenvalue weighted by Gasteiger charge is -2.09. The van der Waals surface area contributed by atoms with Crippen molar-refractivity contribution in [3.63, 3.8) is 0 Å². The van der Waals surface area contributed by atoms with Crippen LogP contribution in [0.3, 0.4) is 0 Å². The van der Waals surface area contributed by atoms with E-state index in [0.717, 1.165) is 12.1 Å². The topological polar surface area (TPSA) is 63.1 Å². The molecule has 0 saturated heterocycles. The molecule has 1 heterocycles. The molecule has 0 aliphatic carbocycles. The molecule has 0 saturated carbocycles. The van der Waals surface area contributed by atoms with Gasteiger partial charge in [-0.05, 0) is 18.2 Å². The fourth-order valence-electron chi connectivity index (χ4n) is 2.20. The van der Waals surface area contributed by atoms with Gasteiger partial charge in [0.1, 0.15) is 0 Å². The van der Waals surface area contributed by atoms with Crippen LogP contribution in [0.4, 0.5) is 13.2 Å². The lowest BCUT2D eigenvalue weighted by molar-refractivity contribution is -0.137. The second-order valence-corrected chi connectivity index (χ2v) is 4.80. The zero-order valence-electron chi connectivity index (χ0n) is 11.5. The molecule has 0 amide bonds. The first-order chi connectivity index (χ1) is 10.9. The normalized spacial score (nSPS) is 11.6. The number of rotatable bonds is 2. The number of aromatic nitrogens is 2. The van der Waals surface area contributed by atoms with Crippen LogP contribution in [0.5, 0.6) is 0 Å². The minimum Gasteiger partial charge on any atom is -0.476 e. The minimum absolute atomic E-state index is 0.0628. The molecule has 23 heavy (non-hydrogen) atoms. The Morgan fingerprint density at radius 3 is 2.43 bits per heavy atom. The number of aromatic carboxylic acids is 1. The van der Waals surface area contributed by atoms with Crippen molar-refractivity contribution < 1.29 is 23.1 Å². The Morgan fingerprint density at radius 2 is 1.74 bits per heavy atom. The molecule has 0 bridgehead atoms. The SMILES string of the molecule is O=C(O)c1nc(-c2cccc(C(F)(F)F)c2)nc2ccccc12. The van der Waals surface area contributed by atoms with E-state index < -0.39 is 17.7 Å². The summed E-state index contributed by atoms with van der Waals surface area (Å²) in [6.07, 6.45) is -4.50. The number of nitrogens with zero attached hydrogens (tertiary/aromatic N) is 2. The van der Waals surface area contributed by atoms with Gasteiger partial charge < -0.3 is 5.11 Å². The Hall–Kier alpha value is -2.96. The van der Waals surface area contributed by atoms with Crippen LogP contribution in [0.2, 0.25) is 0 Å². The second-order valence-electron chi connectivity index (χ2n) is 4.80. The van der Waals surface area contributed by atoms with Gasteiger partial charge in [-0.2, -0.15) is 13.2 Å². The third kappa shape index (κ3) is 2.85. The van der Waals surface area contributed by atoms with Gasteiger partial charge >= 0.3 is 12.1 Å². The molecule has 0 fully saturated rings. The predicted octanol–water partition coefficient (Wildman–Crippen LogP) is 4.01. The summed E-state index contributed by atoms with van der Waals surface area (Å²) in [5.74, 6) is -1.33. The molecule has 7 heteroatoms. The number of hydrogen-bond donors (Lipinski definition) is 1. The lowest BCUT2D eigenvalue weighted by atomic mass is 10.1. The number of fused-ring (bicyclic) bond motifs is 1. The zero-order valence-corrected chi connectivity index (χ0v) is 11.5. The van der Waals surface area contributed by atoms with Crippen LogP contribution >= 0.6 is 0 Å². The predicted molar refractivity (Wildman–Crippen MR) is 76.9 cm³/mol. The lowest BCUT2D eigenvalue weighted by Crippen LogP contribution is -2.07. The van der Waals surface area contributed by atoms with E-state index in [0.29, 0.717) is 10.9 Å². The van der Waals surface area contributed by atoms with E-state index in [9.17, 15) is 23.1 Å². The van der Waals surface area contributed by atoms with Crippen molar-refractivity contribution in [3.05, 3.63) is 59.8 Å². The Bertz CT molecular complexity index is 907. The molecule has 2 aromatic carbocycles. The molecule has 4 nitrogen and oxygen atoms in total. The molecule has 116 valence electrons. The Kier molecular flexibility index (Phi) is 3.48. The maximum Gasteiger partial charge on any atom is 0.416 e. The molecule has 1 aromatic heterocycles. The van der Waals surface area contributed by atoms with Crippen LogP contribution in [-0.2, 0) is 6.18 Å². The van der Waals surface area contributed by atoms with Crippen molar-refractivity contribution >= 4 is 16.9 Å². The summed E-state index contributed by atoms with van der Waals surface area (Å²) in [7, 11) is 0. The molecule has 3 aromatic rings. The number of alkyl halides is 3. The van der Waals surface area contributed by atoms with Gasteiger partial charge in [0.05, 0.1) is 11.1 Å². The molecule has 0 atom stereocenters. The first-order valence-electron chi connectivity index (χ1n) is 6.54. The molecule has 0 radical (unpaired) electrons. The van der Waals surface area contributed by atoms with Gasteiger partial charge in [-0.15, -0.1) is 0 Å². The number of carboxylic acid groups (broad SMARTS) is 1. The number of carboxylic acids is 1. The number of carbonyl (C=O) groups is 1. The molecule has 0 aliphatic heterocycles. The fraction of sp³-hybridized carbons (Fsp3) is 0.0625. The van der Waals surface area contributed by atoms with Crippen LogP contribution in [0.15, 0.2) is 48.5 Å². The van der Waals surface area contributed by atoms with E-state index in [1.54, 1.807) is 24.3 Å². The largest absolute Gasteiger partial charge is 0.476 e. The van der Waals surface area contributed by atoms with Crippen molar-refractivity contribution in [1.82, 2.24) is 9.97 Å². The zero-order chi connectivity index (χ0) is 16.6. The summed E-state index contributed by atoms with van der Waals surface area (Å²) in [5, 5.41) is 9.60. The maximum absolute atomic E-state index is 12.8. The molecular weight excluding hydrogens is 309 g/mol. The first-order valence-corrected chi connectivity index (χ1v) is 6.54. The monoisotopic (exact) mass is 318 g/mol. The third-order valence-corrected chi connectivity index (χ3v) is 3.25. The number of halogens is 3. The van der Waals surface area contributed by atoms with Gasteiger partial charge in [0.25, 0.3) is 0 Å². The van der Waals surface area contributed by atoms with Crippen LogP contribution in [0.1, 0.15) is 16.1 Å². The summed E-state index contributed by atoms with van der Waals surface area (Å²) >= 11 is 0. The average Bonchev–Trinajstić information content (AvgIpc) is 2.53. The molecular formula is C16H9F3N2O2. The highest BCUT2D eigenvalue weighted by Gasteiger charge is 2.30. The summed E-state index contributed by atoms with van der Waals surface area (Å²) in [4.78, 5) is 19.4. The van der Waals surface area contributed by atoms with Crippen molar-refractivity contribution in [2.45, 2.75) is 6.18 Å². The van der Waals surface area contributed by atoms with Crippen molar-refractivity contribution in [2.75, 3.05) is 0 Å². The summed E-state index contributed by atoms with van der Waals surface area (Å²) in [5.41, 5.74) is -0.632. The van der Waals surface area contributed by atoms with Gasteiger partial charge in [0, 0.05) is 10.9 Å². The van der Waals surface area contributed by atoms with Gasteiger partial charge in [-0.3, -0.25) is 0 Å². The summed E-state index contributed by atoms with van der Waals surface area (Å²) in [6.45, 7) is 0. The van der Waals surface area contributed by atoms with Crippen LogP contribution in [-0.4, -0.2) is 21.0 Å². The Balaban J connectivity index is 2.23. The standard InChI is InChI=1S/C16H9F3N2O2/c17-16(18,19)10-5-3-4-9(8-10)14-20-12-7-2-1-6-11(12)13(21-14)15(22)23/h1-8H,(H,22,23). The first kappa shape index (κ1) is 15.0. The van der Waals surface area contributed by atoms with E-state index in [-0.39, 0.29) is 17.1 Å². The molecule has 0 spiro atoms. The smallest absolute Gasteiger partial charge is 0.416 e. The molecule has 3 rings (SSSR count). The van der Waals surface area contributed by atoms with Gasteiger partial charge in [-0.25, -0.2) is 14.8 Å². The number of para-hydroxylation sites is 1. The van der Waals surface area contributed by atoms with Gasteiger partial charge in [0.2, 0.25) is 0 Å². The average molecular weight is 318 g/mol. The number of hydrogen-bond acceptors (Lipinski definition) is 3. The van der Waals surface area contributed by atoms with Crippen molar-refractivity contribution in [2.24, 2.45) is 0 Å². The molecule has 1 N–H and O–H groups in total. The fourth-order valence-corrected chi connectivity index (χ4v) is 2.20.